The maximum absolute atomic E-state index is 12.7. The lowest BCUT2D eigenvalue weighted by molar-refractivity contribution is -0.148. The maximum Gasteiger partial charge on any atom is 0.451 e. The van der Waals surface area contributed by atoms with E-state index >= 15 is 0 Å². The molecule has 6 nitrogen and oxygen atoms in total. The minimum absolute atomic E-state index is 0.128. The zero-order valence-corrected chi connectivity index (χ0v) is 10.5. The highest BCUT2D eigenvalue weighted by atomic mass is 19.4. The fourth-order valence-corrected chi connectivity index (χ4v) is 2.11. The van der Waals surface area contributed by atoms with Crippen molar-refractivity contribution in [3.63, 3.8) is 0 Å². The van der Waals surface area contributed by atoms with Crippen LogP contribution in [0.4, 0.5) is 13.2 Å². The summed E-state index contributed by atoms with van der Waals surface area (Å²) in [5.41, 5.74) is 5.52. The van der Waals surface area contributed by atoms with Crippen LogP contribution in [0.3, 0.4) is 0 Å². The van der Waals surface area contributed by atoms with Crippen molar-refractivity contribution in [1.29, 1.82) is 0 Å². The second kappa shape index (κ2) is 5.43. The van der Waals surface area contributed by atoms with Gasteiger partial charge in [0.2, 0.25) is 5.82 Å². The van der Waals surface area contributed by atoms with Crippen molar-refractivity contribution in [1.82, 2.24) is 19.7 Å². The Morgan fingerprint density at radius 1 is 1.37 bits per heavy atom. The SMILES string of the molecule is COC(CN)CN1CCn2c(nnc2C(F)(F)F)C1. The zero-order chi connectivity index (χ0) is 14.0. The van der Waals surface area contributed by atoms with Crippen LogP contribution in [0.25, 0.3) is 0 Å². The Labute approximate surface area is 108 Å². The largest absolute Gasteiger partial charge is 0.451 e. The number of nitrogens with two attached hydrogens (primary N) is 1. The van der Waals surface area contributed by atoms with Gasteiger partial charge in [0, 0.05) is 33.3 Å². The normalized spacial score (nSPS) is 18.4. The molecule has 0 saturated heterocycles. The lowest BCUT2D eigenvalue weighted by Crippen LogP contribution is -2.42. The summed E-state index contributed by atoms with van der Waals surface area (Å²) in [7, 11) is 1.56. The predicted molar refractivity (Wildman–Crippen MR) is 60.2 cm³/mol. The molecule has 0 radical (unpaired) electrons. The van der Waals surface area contributed by atoms with Crippen molar-refractivity contribution in [2.75, 3.05) is 26.7 Å². The van der Waals surface area contributed by atoms with Crippen LogP contribution < -0.4 is 5.73 Å². The van der Waals surface area contributed by atoms with E-state index in [0.29, 0.717) is 32.0 Å². The quantitative estimate of drug-likeness (QED) is 0.845. The van der Waals surface area contributed by atoms with Gasteiger partial charge in [0.15, 0.2) is 0 Å². The third kappa shape index (κ3) is 3.04. The molecule has 2 heterocycles. The molecule has 1 unspecified atom stereocenters. The standard InChI is InChI=1S/C10H16F3N5O/c1-19-7(4-14)5-17-2-3-18-8(6-17)15-16-9(18)10(11,12)13/h7H,2-6,14H2,1H3. The molecular weight excluding hydrogens is 263 g/mol. The Balaban J connectivity index is 2.07. The molecule has 0 bridgehead atoms. The number of nitrogens with zero attached hydrogens (tertiary/aromatic N) is 4. The number of halogens is 3. The fourth-order valence-electron chi connectivity index (χ4n) is 2.11. The van der Waals surface area contributed by atoms with Crippen LogP contribution in [-0.2, 0) is 24.0 Å². The molecule has 108 valence electrons. The number of fused-ring (bicyclic) bond motifs is 1. The first-order chi connectivity index (χ1) is 8.95. The van der Waals surface area contributed by atoms with Gasteiger partial charge in [-0.1, -0.05) is 0 Å². The van der Waals surface area contributed by atoms with Crippen molar-refractivity contribution in [2.45, 2.75) is 25.4 Å². The molecule has 19 heavy (non-hydrogen) atoms. The lowest BCUT2D eigenvalue weighted by Gasteiger charge is -2.30. The Kier molecular flexibility index (Phi) is 4.07. The maximum atomic E-state index is 12.7. The zero-order valence-electron chi connectivity index (χ0n) is 10.5. The van der Waals surface area contributed by atoms with Crippen molar-refractivity contribution < 1.29 is 17.9 Å². The topological polar surface area (TPSA) is 69.2 Å². The molecule has 0 amide bonds. The van der Waals surface area contributed by atoms with Crippen LogP contribution in [0.2, 0.25) is 0 Å². The average Bonchev–Trinajstić information content (AvgIpc) is 2.78. The van der Waals surface area contributed by atoms with Crippen LogP contribution in [0.1, 0.15) is 11.6 Å². The van der Waals surface area contributed by atoms with Crippen molar-refractivity contribution in [2.24, 2.45) is 5.73 Å². The van der Waals surface area contributed by atoms with E-state index in [1.165, 1.54) is 0 Å². The molecule has 0 aromatic carbocycles. The number of aromatic nitrogens is 3. The molecule has 2 rings (SSSR count). The summed E-state index contributed by atoms with van der Waals surface area (Å²) in [6, 6.07) is 0. The van der Waals surface area contributed by atoms with Crippen LogP contribution >= 0.6 is 0 Å². The fraction of sp³-hybridized carbons (Fsp3) is 0.800. The average molecular weight is 279 g/mol. The van der Waals surface area contributed by atoms with Crippen LogP contribution in [0, 0.1) is 0 Å². The molecule has 0 saturated carbocycles. The number of alkyl halides is 3. The summed E-state index contributed by atoms with van der Waals surface area (Å²) in [5, 5.41) is 6.84. The number of methoxy groups -OCH3 is 1. The van der Waals surface area contributed by atoms with Gasteiger partial charge in [0.1, 0.15) is 5.82 Å². The van der Waals surface area contributed by atoms with Gasteiger partial charge in [-0.15, -0.1) is 10.2 Å². The molecule has 1 aromatic rings. The smallest absolute Gasteiger partial charge is 0.379 e. The third-order valence-corrected chi connectivity index (χ3v) is 3.14. The second-order valence-electron chi connectivity index (χ2n) is 4.42. The van der Waals surface area contributed by atoms with Crippen molar-refractivity contribution >= 4 is 0 Å². The van der Waals surface area contributed by atoms with E-state index in [1.807, 2.05) is 4.90 Å². The van der Waals surface area contributed by atoms with Gasteiger partial charge in [0.25, 0.3) is 0 Å². The van der Waals surface area contributed by atoms with Crippen LogP contribution in [0.15, 0.2) is 0 Å². The minimum Gasteiger partial charge on any atom is -0.379 e. The van der Waals surface area contributed by atoms with Gasteiger partial charge in [-0.05, 0) is 0 Å². The van der Waals surface area contributed by atoms with E-state index in [0.717, 1.165) is 4.57 Å². The van der Waals surface area contributed by atoms with Gasteiger partial charge in [-0.2, -0.15) is 13.2 Å². The van der Waals surface area contributed by atoms with Gasteiger partial charge in [0.05, 0.1) is 12.6 Å². The van der Waals surface area contributed by atoms with E-state index in [-0.39, 0.29) is 12.6 Å². The number of ether oxygens (including phenoxy) is 1. The summed E-state index contributed by atoms with van der Waals surface area (Å²) in [6.45, 7) is 1.98. The summed E-state index contributed by atoms with van der Waals surface area (Å²) in [4.78, 5) is 1.96. The summed E-state index contributed by atoms with van der Waals surface area (Å²) in [6.07, 6.45) is -4.59. The Bertz CT molecular complexity index is 429. The summed E-state index contributed by atoms with van der Waals surface area (Å²) in [5.74, 6) is -0.602. The van der Waals surface area contributed by atoms with E-state index in [9.17, 15) is 13.2 Å². The number of hydrogen-bond acceptors (Lipinski definition) is 5. The van der Waals surface area contributed by atoms with Gasteiger partial charge in [-0.25, -0.2) is 0 Å². The molecule has 0 fully saturated rings. The molecular formula is C10H16F3N5O. The summed E-state index contributed by atoms with van der Waals surface area (Å²) < 4.78 is 44.2. The van der Waals surface area contributed by atoms with Crippen molar-refractivity contribution in [3.8, 4) is 0 Å². The third-order valence-electron chi connectivity index (χ3n) is 3.14. The molecule has 0 spiro atoms. The first-order valence-corrected chi connectivity index (χ1v) is 5.90. The predicted octanol–water partition coefficient (Wildman–Crippen LogP) is 0.0862. The molecule has 1 atom stereocenters. The van der Waals surface area contributed by atoms with Gasteiger partial charge >= 0.3 is 6.18 Å². The highest BCUT2D eigenvalue weighted by molar-refractivity contribution is 5.02. The monoisotopic (exact) mass is 279 g/mol. The molecule has 0 aliphatic carbocycles. The van der Waals surface area contributed by atoms with E-state index in [4.69, 9.17) is 10.5 Å². The number of hydrogen-bond donors (Lipinski definition) is 1. The highest BCUT2D eigenvalue weighted by Gasteiger charge is 2.39. The highest BCUT2D eigenvalue weighted by Crippen LogP contribution is 2.29. The molecule has 2 N–H and O–H groups in total. The molecule has 9 heteroatoms. The van der Waals surface area contributed by atoms with Gasteiger partial charge < -0.3 is 15.0 Å². The van der Waals surface area contributed by atoms with E-state index in [1.54, 1.807) is 7.11 Å². The molecule has 1 aliphatic rings. The second-order valence-corrected chi connectivity index (χ2v) is 4.42. The Morgan fingerprint density at radius 3 is 2.68 bits per heavy atom. The van der Waals surface area contributed by atoms with Crippen molar-refractivity contribution in [3.05, 3.63) is 11.6 Å². The first-order valence-electron chi connectivity index (χ1n) is 5.90. The van der Waals surface area contributed by atoms with Crippen LogP contribution in [0.5, 0.6) is 0 Å². The summed E-state index contributed by atoms with van der Waals surface area (Å²) >= 11 is 0. The van der Waals surface area contributed by atoms with Crippen LogP contribution in [-0.4, -0.2) is 52.5 Å². The first kappa shape index (κ1) is 14.2. The minimum atomic E-state index is -4.46. The van der Waals surface area contributed by atoms with E-state index < -0.39 is 12.0 Å². The van der Waals surface area contributed by atoms with E-state index in [2.05, 4.69) is 10.2 Å². The van der Waals surface area contributed by atoms with Gasteiger partial charge in [-0.3, -0.25) is 4.90 Å². The number of rotatable bonds is 4. The lowest BCUT2D eigenvalue weighted by atomic mass is 10.2. The Morgan fingerprint density at radius 2 is 2.11 bits per heavy atom. The molecule has 1 aliphatic heterocycles. The Hall–Kier alpha value is -1.19. The molecule has 1 aromatic heterocycles.